The lowest BCUT2D eigenvalue weighted by atomic mass is 10.2. The summed E-state index contributed by atoms with van der Waals surface area (Å²) < 4.78 is 5.90. The number of ether oxygens (including phenoxy) is 1. The van der Waals surface area contributed by atoms with Gasteiger partial charge in [-0.3, -0.25) is 14.7 Å². The molecule has 21 heavy (non-hydrogen) atoms. The summed E-state index contributed by atoms with van der Waals surface area (Å²) >= 11 is 4.60. The first kappa shape index (κ1) is 15.9. The third-order valence-corrected chi connectivity index (χ3v) is 4.60. The number of amidine groups is 1. The quantitative estimate of drug-likeness (QED) is 0.830. The van der Waals surface area contributed by atoms with E-state index in [9.17, 15) is 9.90 Å². The van der Waals surface area contributed by atoms with E-state index in [1.54, 1.807) is 32.3 Å². The molecule has 0 atom stereocenters. The van der Waals surface area contributed by atoms with Gasteiger partial charge in [0.15, 0.2) is 16.7 Å². The van der Waals surface area contributed by atoms with Gasteiger partial charge in [0.05, 0.1) is 16.0 Å². The second-order valence-electron chi connectivity index (χ2n) is 4.26. The zero-order chi connectivity index (χ0) is 15.6. The lowest BCUT2D eigenvalue weighted by Crippen LogP contribution is -2.23. The molecule has 1 N–H and O–H groups in total. The van der Waals surface area contributed by atoms with E-state index in [-0.39, 0.29) is 11.7 Å². The lowest BCUT2D eigenvalue weighted by molar-refractivity contribution is -0.121. The van der Waals surface area contributed by atoms with Crippen LogP contribution in [0.1, 0.15) is 12.5 Å². The minimum absolute atomic E-state index is 0.0531. The van der Waals surface area contributed by atoms with Crippen LogP contribution in [0.3, 0.4) is 0 Å². The van der Waals surface area contributed by atoms with Gasteiger partial charge in [-0.2, -0.15) is 0 Å². The number of rotatable bonds is 3. The summed E-state index contributed by atoms with van der Waals surface area (Å²) in [5, 5.41) is 10.6. The Kier molecular flexibility index (Phi) is 4.95. The molecular formula is C14H15BrN2O3S. The molecule has 0 aliphatic carbocycles. The highest BCUT2D eigenvalue weighted by Crippen LogP contribution is 2.38. The number of aromatic hydroxyl groups is 1. The molecule has 5 nitrogen and oxygen atoms in total. The molecule has 1 fully saturated rings. The van der Waals surface area contributed by atoms with Crippen LogP contribution >= 0.6 is 27.7 Å². The van der Waals surface area contributed by atoms with E-state index < -0.39 is 0 Å². The van der Waals surface area contributed by atoms with E-state index in [1.807, 2.05) is 6.92 Å². The van der Waals surface area contributed by atoms with Gasteiger partial charge >= 0.3 is 0 Å². The average Bonchev–Trinajstić information content (AvgIpc) is 2.72. The molecule has 112 valence electrons. The van der Waals surface area contributed by atoms with Gasteiger partial charge < -0.3 is 9.84 Å². The number of thioether (sulfide) groups is 1. The summed E-state index contributed by atoms with van der Waals surface area (Å²) in [7, 11) is 3.34. The van der Waals surface area contributed by atoms with Crippen LogP contribution in [0.25, 0.3) is 6.08 Å². The van der Waals surface area contributed by atoms with Gasteiger partial charge in [0, 0.05) is 14.1 Å². The van der Waals surface area contributed by atoms with E-state index in [0.29, 0.717) is 26.9 Å². The maximum Gasteiger partial charge on any atom is 0.266 e. The third kappa shape index (κ3) is 3.24. The Morgan fingerprint density at radius 3 is 2.81 bits per heavy atom. The van der Waals surface area contributed by atoms with E-state index in [0.717, 1.165) is 5.56 Å². The van der Waals surface area contributed by atoms with Crippen LogP contribution in [-0.4, -0.2) is 41.8 Å². The topological polar surface area (TPSA) is 62.1 Å². The van der Waals surface area contributed by atoms with Crippen molar-refractivity contribution in [3.05, 3.63) is 27.1 Å². The first-order valence-electron chi connectivity index (χ1n) is 6.27. The number of carbonyl (C=O) groups is 1. The number of likely N-dealkylation sites (N-methyl/N-ethyl adjacent to an activating group) is 1. The first-order chi connectivity index (χ1) is 9.97. The molecule has 1 saturated heterocycles. The molecule has 7 heteroatoms. The maximum absolute atomic E-state index is 12.1. The molecule has 1 aliphatic rings. The van der Waals surface area contributed by atoms with Crippen LogP contribution < -0.4 is 4.74 Å². The molecule has 0 radical (unpaired) electrons. The molecule has 0 aromatic heterocycles. The molecule has 0 saturated carbocycles. The fraction of sp³-hybridized carbons (Fsp3) is 0.286. The first-order valence-corrected chi connectivity index (χ1v) is 7.88. The third-order valence-electron chi connectivity index (χ3n) is 2.84. The Morgan fingerprint density at radius 2 is 2.24 bits per heavy atom. The van der Waals surface area contributed by atoms with Crippen LogP contribution in [0.4, 0.5) is 0 Å². The van der Waals surface area contributed by atoms with Crippen molar-refractivity contribution in [2.45, 2.75) is 6.92 Å². The number of aliphatic imine (C=N–C) groups is 1. The number of halogens is 1. The maximum atomic E-state index is 12.1. The molecule has 0 spiro atoms. The summed E-state index contributed by atoms with van der Waals surface area (Å²) in [6.07, 6.45) is 1.76. The summed E-state index contributed by atoms with van der Waals surface area (Å²) in [6.45, 7) is 2.29. The van der Waals surface area contributed by atoms with Crippen molar-refractivity contribution in [2.75, 3.05) is 20.7 Å². The highest BCUT2D eigenvalue weighted by atomic mass is 79.9. The van der Waals surface area contributed by atoms with E-state index in [4.69, 9.17) is 4.74 Å². The number of hydrogen-bond acceptors (Lipinski definition) is 5. The van der Waals surface area contributed by atoms with Gasteiger partial charge in [0.1, 0.15) is 0 Å². The lowest BCUT2D eigenvalue weighted by Gasteiger charge is -2.09. The van der Waals surface area contributed by atoms with Gasteiger partial charge in [-0.15, -0.1) is 0 Å². The monoisotopic (exact) mass is 370 g/mol. The number of amides is 1. The minimum atomic E-state index is -0.0947. The van der Waals surface area contributed by atoms with Crippen LogP contribution in [0.2, 0.25) is 0 Å². The molecule has 0 bridgehead atoms. The molecular weight excluding hydrogens is 356 g/mol. The van der Waals surface area contributed by atoms with Gasteiger partial charge in [-0.1, -0.05) is 0 Å². The molecule has 1 aromatic carbocycles. The Labute approximate surface area is 135 Å². The Morgan fingerprint density at radius 1 is 1.52 bits per heavy atom. The van der Waals surface area contributed by atoms with Crippen molar-refractivity contribution in [3.8, 4) is 11.5 Å². The summed E-state index contributed by atoms with van der Waals surface area (Å²) in [4.78, 5) is 18.3. The van der Waals surface area contributed by atoms with Crippen LogP contribution in [0.5, 0.6) is 11.5 Å². The molecule has 1 amide bonds. The summed E-state index contributed by atoms with van der Waals surface area (Å²) in [6, 6.07) is 3.44. The van der Waals surface area contributed by atoms with Gasteiger partial charge in [-0.05, 0) is 58.4 Å². The highest BCUT2D eigenvalue weighted by Gasteiger charge is 2.29. The average molecular weight is 371 g/mol. The van der Waals surface area contributed by atoms with Crippen molar-refractivity contribution in [1.29, 1.82) is 0 Å². The van der Waals surface area contributed by atoms with Gasteiger partial charge in [0.2, 0.25) is 0 Å². The molecule has 1 heterocycles. The van der Waals surface area contributed by atoms with Gasteiger partial charge in [-0.25, -0.2) is 0 Å². The Bertz CT molecular complexity index is 643. The molecule has 1 aliphatic heterocycles. The SMILES string of the molecule is CCOc1cc(/C=C2/SC(=NC)N(C)C2=O)cc(Br)c1O. The number of nitrogens with zero attached hydrogens (tertiary/aromatic N) is 2. The van der Waals surface area contributed by atoms with Crippen molar-refractivity contribution in [2.24, 2.45) is 4.99 Å². The zero-order valence-corrected chi connectivity index (χ0v) is 14.3. The predicted molar refractivity (Wildman–Crippen MR) is 88.7 cm³/mol. The largest absolute Gasteiger partial charge is 0.503 e. The number of phenolic OH excluding ortho intramolecular Hbond substituents is 1. The second-order valence-corrected chi connectivity index (χ2v) is 6.13. The van der Waals surface area contributed by atoms with E-state index in [1.165, 1.54) is 16.7 Å². The number of hydrogen-bond donors (Lipinski definition) is 1. The predicted octanol–water partition coefficient (Wildman–Crippen LogP) is 3.09. The standard InChI is InChI=1S/C14H15BrN2O3S/c1-4-20-10-6-8(5-9(15)12(10)18)7-11-13(19)17(3)14(16-2)21-11/h5-7,18H,4H2,1-3H3/b11-7+,16-14?. The minimum Gasteiger partial charge on any atom is -0.503 e. The van der Waals surface area contributed by atoms with Crippen LogP contribution in [-0.2, 0) is 4.79 Å². The number of carbonyl (C=O) groups excluding carboxylic acids is 1. The fourth-order valence-electron chi connectivity index (χ4n) is 1.84. The summed E-state index contributed by atoms with van der Waals surface area (Å²) in [5.74, 6) is 0.340. The van der Waals surface area contributed by atoms with E-state index in [2.05, 4.69) is 20.9 Å². The Hall–Kier alpha value is -1.47. The Balaban J connectivity index is 2.40. The molecule has 0 unspecified atom stereocenters. The molecule has 2 rings (SSSR count). The zero-order valence-electron chi connectivity index (χ0n) is 11.9. The van der Waals surface area contributed by atoms with Crippen molar-refractivity contribution >= 4 is 44.8 Å². The normalized spacial score (nSPS) is 18.9. The number of phenols is 1. The number of benzene rings is 1. The fourth-order valence-corrected chi connectivity index (χ4v) is 3.23. The van der Waals surface area contributed by atoms with Crippen LogP contribution in [0, 0.1) is 0 Å². The van der Waals surface area contributed by atoms with Gasteiger partial charge in [0.25, 0.3) is 5.91 Å². The van der Waals surface area contributed by atoms with Crippen molar-refractivity contribution in [1.82, 2.24) is 4.90 Å². The second kappa shape index (κ2) is 6.53. The van der Waals surface area contributed by atoms with E-state index >= 15 is 0 Å². The smallest absolute Gasteiger partial charge is 0.266 e. The highest BCUT2D eigenvalue weighted by molar-refractivity contribution is 9.10. The molecule has 1 aromatic rings. The van der Waals surface area contributed by atoms with Crippen molar-refractivity contribution < 1.29 is 14.6 Å². The van der Waals surface area contributed by atoms with Crippen molar-refractivity contribution in [3.63, 3.8) is 0 Å². The van der Waals surface area contributed by atoms with Crippen LogP contribution in [0.15, 0.2) is 26.5 Å². The summed E-state index contributed by atoms with van der Waals surface area (Å²) in [5.41, 5.74) is 0.768.